The zero-order chi connectivity index (χ0) is 42.1. The van der Waals surface area contributed by atoms with Crippen molar-refractivity contribution in [2.75, 3.05) is 29.1 Å². The molecule has 2 heterocycles. The number of thiol groups is 1. The predicted octanol–water partition coefficient (Wildman–Crippen LogP) is -1.75. The molecule has 0 fully saturated rings. The SMILES string of the molecule is Nc1nc2ncc(CNc3ccc(C(=O)NC(CCC(=O)NC(CC(=O)NC(CSSCCC(=O)NS)C(=O)NCC(=O)O)C(=O)O)C(=O)O)cc3)nc2c(=O)[nH]1. The molecule has 0 aliphatic heterocycles. The van der Waals surface area contributed by atoms with Gasteiger partial charge in [-0.2, -0.15) is 4.98 Å². The number of hydrogen-bond donors (Lipinski definition) is 12. The highest BCUT2D eigenvalue weighted by Gasteiger charge is 2.28. The van der Waals surface area contributed by atoms with Crippen LogP contribution in [0.3, 0.4) is 0 Å². The molecule has 3 unspecified atom stereocenters. The molecule has 3 aromatic rings. The number of nitrogens with zero attached hydrogens (tertiary/aromatic N) is 3. The maximum Gasteiger partial charge on any atom is 0.326 e. The Kier molecular flexibility index (Phi) is 17.8. The molecule has 0 saturated heterocycles. The van der Waals surface area contributed by atoms with Crippen LogP contribution in [0.5, 0.6) is 0 Å². The number of aromatic nitrogens is 4. The van der Waals surface area contributed by atoms with E-state index in [-0.39, 0.29) is 47.3 Å². The summed E-state index contributed by atoms with van der Waals surface area (Å²) in [6.45, 7) is -0.619. The van der Waals surface area contributed by atoms with Crippen LogP contribution in [0.1, 0.15) is 41.7 Å². The summed E-state index contributed by atoms with van der Waals surface area (Å²) >= 11 is 3.63. The number of fused-ring (bicyclic) bond motifs is 1. The van der Waals surface area contributed by atoms with Gasteiger partial charge in [-0.05, 0) is 30.7 Å². The number of benzene rings is 1. The molecule has 5 amide bonds. The molecular weight excluding hydrogens is 815 g/mol. The minimum atomic E-state index is -1.81. The Morgan fingerprint density at radius 3 is 2.18 bits per heavy atom. The van der Waals surface area contributed by atoms with Crippen molar-refractivity contribution in [3.05, 3.63) is 52.1 Å². The van der Waals surface area contributed by atoms with Crippen molar-refractivity contribution in [2.24, 2.45) is 0 Å². The monoisotopic (exact) mass is 851 g/mol. The van der Waals surface area contributed by atoms with E-state index in [9.17, 15) is 53.4 Å². The molecule has 23 nitrogen and oxygen atoms in total. The lowest BCUT2D eigenvalue weighted by Crippen LogP contribution is -2.51. The van der Waals surface area contributed by atoms with Gasteiger partial charge in [0.25, 0.3) is 11.5 Å². The lowest BCUT2D eigenvalue weighted by Gasteiger charge is -2.20. The third-order valence-electron chi connectivity index (χ3n) is 7.31. The highest BCUT2D eigenvalue weighted by atomic mass is 33.1. The van der Waals surface area contributed by atoms with Gasteiger partial charge in [0.2, 0.25) is 29.6 Å². The molecule has 2 aromatic heterocycles. The second kappa shape index (κ2) is 22.4. The number of H-pyrrole nitrogens is 1. The van der Waals surface area contributed by atoms with Crippen LogP contribution in [-0.4, -0.2) is 119 Å². The number of aliphatic carboxylic acids is 3. The first-order valence-corrected chi connectivity index (χ1v) is 19.4. The Balaban J connectivity index is 1.51. The van der Waals surface area contributed by atoms with Gasteiger partial charge in [-0.3, -0.25) is 38.5 Å². The van der Waals surface area contributed by atoms with Crippen LogP contribution in [0, 0.1) is 0 Å². The highest BCUT2D eigenvalue weighted by Crippen LogP contribution is 2.23. The minimum absolute atomic E-state index is 0.00437. The van der Waals surface area contributed by atoms with Crippen LogP contribution in [0.15, 0.2) is 35.3 Å². The van der Waals surface area contributed by atoms with Gasteiger partial charge in [0.05, 0.1) is 24.9 Å². The van der Waals surface area contributed by atoms with Gasteiger partial charge in [-0.15, -0.1) is 0 Å². The molecule has 0 aliphatic carbocycles. The van der Waals surface area contributed by atoms with Gasteiger partial charge in [-0.1, -0.05) is 34.4 Å². The molecule has 57 heavy (non-hydrogen) atoms. The van der Waals surface area contributed by atoms with E-state index in [0.717, 1.165) is 10.8 Å². The number of carboxylic acids is 3. The fraction of sp³-hybridized carbons (Fsp3) is 0.355. The number of aromatic amines is 1. The Morgan fingerprint density at radius 2 is 1.53 bits per heavy atom. The van der Waals surface area contributed by atoms with Gasteiger partial charge < -0.3 is 52.4 Å². The van der Waals surface area contributed by atoms with Crippen molar-refractivity contribution in [1.29, 1.82) is 0 Å². The maximum atomic E-state index is 12.8. The number of rotatable bonds is 23. The largest absolute Gasteiger partial charge is 0.480 e. The van der Waals surface area contributed by atoms with Gasteiger partial charge >= 0.3 is 17.9 Å². The first-order valence-electron chi connectivity index (χ1n) is 16.4. The second-order valence-corrected chi connectivity index (χ2v) is 14.5. The Hall–Kier alpha value is -6.15. The zero-order valence-corrected chi connectivity index (χ0v) is 32.0. The second-order valence-electron chi connectivity index (χ2n) is 11.6. The molecular formula is C31H37N11O12S3. The van der Waals surface area contributed by atoms with E-state index in [1.165, 1.54) is 41.3 Å². The molecule has 0 saturated carbocycles. The normalized spacial score (nSPS) is 12.3. The molecule has 3 atom stereocenters. The van der Waals surface area contributed by atoms with Crippen LogP contribution in [0.25, 0.3) is 11.2 Å². The summed E-state index contributed by atoms with van der Waals surface area (Å²) in [4.78, 5) is 123. The van der Waals surface area contributed by atoms with Gasteiger partial charge in [0, 0.05) is 35.6 Å². The summed E-state index contributed by atoms with van der Waals surface area (Å²) in [7, 11) is 2.25. The summed E-state index contributed by atoms with van der Waals surface area (Å²) in [6, 6.07) is 1.16. The van der Waals surface area contributed by atoms with Gasteiger partial charge in [0.15, 0.2) is 11.2 Å². The maximum absolute atomic E-state index is 12.8. The highest BCUT2D eigenvalue weighted by molar-refractivity contribution is 8.76. The third-order valence-corrected chi connectivity index (χ3v) is 9.98. The molecule has 1 aromatic carbocycles. The number of carboxylic acid groups (broad SMARTS) is 3. The molecule has 0 aliphatic rings. The van der Waals surface area contributed by atoms with Gasteiger partial charge in [-0.25, -0.2) is 19.6 Å². The van der Waals surface area contributed by atoms with Crippen molar-refractivity contribution >= 4 is 105 Å². The molecule has 12 N–H and O–H groups in total. The van der Waals surface area contributed by atoms with Crippen LogP contribution < -0.4 is 42.6 Å². The van der Waals surface area contributed by atoms with Crippen LogP contribution in [0.2, 0.25) is 0 Å². The molecule has 0 radical (unpaired) electrons. The number of amides is 5. The van der Waals surface area contributed by atoms with E-state index in [1.54, 1.807) is 0 Å². The van der Waals surface area contributed by atoms with Crippen molar-refractivity contribution < 1.29 is 53.7 Å². The zero-order valence-electron chi connectivity index (χ0n) is 29.5. The Morgan fingerprint density at radius 1 is 0.842 bits per heavy atom. The van der Waals surface area contributed by atoms with E-state index in [1.807, 2.05) is 0 Å². The standard InChI is InChI=1S/C31H37N11O12S3/c32-31-40-25-24(28(50)41-31)36-16(11-34-25)10-33-15-3-1-14(2-4-15)26(48)39-17(29(51)52)5-6-20(43)37-18(30(53)54)9-22(45)38-19(27(49)35-12-23(46)47)13-57-56-8-7-21(44)42-55/h1-4,11,17-19,33,55H,5-10,12-13H2,(H,35,49)(H,37,43)(H,38,45)(H,39,48)(H,42,44)(H,46,47)(H,51,52)(H,53,54)(H3,32,34,40,41,50). The quantitative estimate of drug-likeness (QED) is 0.0286. The third kappa shape index (κ3) is 15.5. The number of hydrogen-bond acceptors (Lipinski definition) is 17. The summed E-state index contributed by atoms with van der Waals surface area (Å²) in [5, 5.41) is 40.1. The number of nitrogen functional groups attached to an aromatic ring is 1. The van der Waals surface area contributed by atoms with E-state index in [0.29, 0.717) is 17.1 Å². The number of carbonyl (C=O) groups excluding carboxylic acids is 5. The van der Waals surface area contributed by atoms with E-state index < -0.39 is 91.0 Å². The van der Waals surface area contributed by atoms with Crippen molar-refractivity contribution in [3.8, 4) is 0 Å². The summed E-state index contributed by atoms with van der Waals surface area (Å²) in [5.74, 6) is -8.32. The number of carbonyl (C=O) groups is 8. The average molecular weight is 852 g/mol. The summed E-state index contributed by atoms with van der Waals surface area (Å²) in [5.41, 5.74) is 6.03. The minimum Gasteiger partial charge on any atom is -0.480 e. The van der Waals surface area contributed by atoms with Gasteiger partial charge in [0.1, 0.15) is 24.7 Å². The molecule has 0 bridgehead atoms. The topological polar surface area (TPSA) is 367 Å². The van der Waals surface area contributed by atoms with Crippen molar-refractivity contribution in [1.82, 2.24) is 45.9 Å². The lowest BCUT2D eigenvalue weighted by atomic mass is 10.1. The first-order chi connectivity index (χ1) is 27.1. The van der Waals surface area contributed by atoms with Crippen LogP contribution >= 0.6 is 34.4 Å². The number of anilines is 2. The van der Waals surface area contributed by atoms with E-state index >= 15 is 0 Å². The number of nitrogens with two attached hydrogens (primary N) is 1. The number of nitrogens with one attached hydrogen (secondary N) is 7. The smallest absolute Gasteiger partial charge is 0.326 e. The van der Waals surface area contributed by atoms with E-state index in [2.05, 4.69) is 64.1 Å². The fourth-order valence-electron chi connectivity index (χ4n) is 4.50. The Bertz CT molecular complexity index is 2040. The molecule has 26 heteroatoms. The van der Waals surface area contributed by atoms with Crippen molar-refractivity contribution in [2.45, 2.75) is 50.4 Å². The Labute approximate surface area is 334 Å². The summed E-state index contributed by atoms with van der Waals surface area (Å²) in [6.07, 6.45) is -0.379. The summed E-state index contributed by atoms with van der Waals surface area (Å²) < 4.78 is 2.14. The lowest BCUT2D eigenvalue weighted by molar-refractivity contribution is -0.144. The van der Waals surface area contributed by atoms with Crippen molar-refractivity contribution in [3.63, 3.8) is 0 Å². The van der Waals surface area contributed by atoms with Crippen LogP contribution in [-0.2, 0) is 40.1 Å². The average Bonchev–Trinajstić information content (AvgIpc) is 3.16. The molecule has 3 rings (SSSR count). The molecule has 0 spiro atoms. The van der Waals surface area contributed by atoms with E-state index in [4.69, 9.17) is 10.8 Å². The first kappa shape index (κ1) is 45.2. The molecule has 306 valence electrons. The fourth-order valence-corrected chi connectivity index (χ4v) is 6.77. The predicted molar refractivity (Wildman–Crippen MR) is 208 cm³/mol. The van der Waals surface area contributed by atoms with Crippen LogP contribution in [0.4, 0.5) is 11.6 Å².